The Morgan fingerprint density at radius 3 is 2.67 bits per heavy atom. The number of benzene rings is 1. The van der Waals surface area contributed by atoms with Crippen molar-refractivity contribution in [3.63, 3.8) is 0 Å². The number of hydrogen-bond donors (Lipinski definition) is 1. The molecule has 0 amide bonds. The van der Waals surface area contributed by atoms with E-state index in [0.717, 1.165) is 23.9 Å². The molecule has 0 bridgehead atoms. The van der Waals surface area contributed by atoms with Crippen molar-refractivity contribution in [2.45, 2.75) is 40.2 Å². The Bertz CT molecular complexity index is 596. The van der Waals surface area contributed by atoms with E-state index in [9.17, 15) is 4.79 Å². The van der Waals surface area contributed by atoms with E-state index in [1.165, 1.54) is 16.6 Å². The molecule has 0 saturated heterocycles. The summed E-state index contributed by atoms with van der Waals surface area (Å²) in [4.78, 5) is 10.9. The second kappa shape index (κ2) is 4.84. The number of carboxylic acid groups (broad SMARTS) is 1. The summed E-state index contributed by atoms with van der Waals surface area (Å²) in [7, 11) is 0. The highest BCUT2D eigenvalue weighted by atomic mass is 16.4. The van der Waals surface area contributed by atoms with Crippen molar-refractivity contribution in [2.75, 3.05) is 0 Å². The molecule has 18 heavy (non-hydrogen) atoms. The number of nitrogens with zero attached hydrogens (tertiary/aromatic N) is 1. The van der Waals surface area contributed by atoms with Crippen LogP contribution in [0.25, 0.3) is 10.9 Å². The monoisotopic (exact) mass is 245 g/mol. The van der Waals surface area contributed by atoms with Crippen LogP contribution < -0.4 is 0 Å². The molecule has 3 heteroatoms. The maximum atomic E-state index is 10.9. The van der Waals surface area contributed by atoms with Gasteiger partial charge in [-0.1, -0.05) is 18.6 Å². The highest BCUT2D eigenvalue weighted by molar-refractivity contribution is 5.90. The molecule has 1 heterocycles. The lowest BCUT2D eigenvalue weighted by molar-refractivity contribution is -0.136. The third-order valence-electron chi connectivity index (χ3n) is 3.20. The van der Waals surface area contributed by atoms with E-state index >= 15 is 0 Å². The Kier molecular flexibility index (Phi) is 3.41. The summed E-state index contributed by atoms with van der Waals surface area (Å²) < 4.78 is 2.18. The fraction of sp³-hybridized carbons (Fsp3) is 0.400. The molecular weight excluding hydrogens is 226 g/mol. The lowest BCUT2D eigenvalue weighted by Crippen LogP contribution is -1.99. The zero-order chi connectivity index (χ0) is 13.3. The molecule has 0 unspecified atom stereocenters. The Hall–Kier alpha value is -1.77. The van der Waals surface area contributed by atoms with Gasteiger partial charge < -0.3 is 9.67 Å². The van der Waals surface area contributed by atoms with Crippen LogP contribution in [0.3, 0.4) is 0 Å². The minimum atomic E-state index is -0.773. The molecule has 0 aliphatic carbocycles. The Morgan fingerprint density at radius 2 is 2.06 bits per heavy atom. The summed E-state index contributed by atoms with van der Waals surface area (Å²) in [6, 6.07) is 4.24. The van der Waals surface area contributed by atoms with Crippen molar-refractivity contribution in [1.82, 2.24) is 4.57 Å². The van der Waals surface area contributed by atoms with Gasteiger partial charge in [0.25, 0.3) is 0 Å². The molecule has 0 fully saturated rings. The van der Waals surface area contributed by atoms with Gasteiger partial charge in [0, 0.05) is 18.1 Å². The van der Waals surface area contributed by atoms with Crippen molar-refractivity contribution >= 4 is 16.9 Å². The van der Waals surface area contributed by atoms with Gasteiger partial charge in [-0.05, 0) is 37.5 Å². The predicted molar refractivity (Wildman–Crippen MR) is 73.0 cm³/mol. The van der Waals surface area contributed by atoms with Crippen LogP contribution in [0.1, 0.15) is 30.0 Å². The van der Waals surface area contributed by atoms with Crippen LogP contribution in [0, 0.1) is 13.8 Å². The predicted octanol–water partition coefficient (Wildman–Crippen LogP) is 3.30. The van der Waals surface area contributed by atoms with Crippen molar-refractivity contribution in [2.24, 2.45) is 0 Å². The topological polar surface area (TPSA) is 42.2 Å². The quantitative estimate of drug-likeness (QED) is 0.898. The van der Waals surface area contributed by atoms with Crippen molar-refractivity contribution in [3.05, 3.63) is 35.0 Å². The molecular formula is C15H19NO2. The molecule has 0 spiro atoms. The molecule has 0 radical (unpaired) electrons. The molecule has 0 aliphatic heterocycles. The normalized spacial score (nSPS) is 11.1. The summed E-state index contributed by atoms with van der Waals surface area (Å²) in [6.07, 6.45) is 3.13. The summed E-state index contributed by atoms with van der Waals surface area (Å²) in [5, 5.41) is 10.1. The molecule has 1 N–H and O–H groups in total. The molecule has 1 aromatic carbocycles. The number of aliphatic carboxylic acids is 1. The van der Waals surface area contributed by atoms with Gasteiger partial charge in [0.15, 0.2) is 0 Å². The molecule has 3 nitrogen and oxygen atoms in total. The third kappa shape index (κ3) is 2.26. The van der Waals surface area contributed by atoms with Crippen molar-refractivity contribution in [3.8, 4) is 0 Å². The number of aryl methyl sites for hydroxylation is 3. The van der Waals surface area contributed by atoms with Gasteiger partial charge in [0.05, 0.1) is 11.9 Å². The van der Waals surface area contributed by atoms with E-state index in [4.69, 9.17) is 5.11 Å². The van der Waals surface area contributed by atoms with E-state index in [2.05, 4.69) is 30.5 Å². The summed E-state index contributed by atoms with van der Waals surface area (Å²) in [5.74, 6) is -0.773. The molecule has 2 rings (SSSR count). The number of aromatic nitrogens is 1. The number of carboxylic acids is 1. The molecule has 0 atom stereocenters. The van der Waals surface area contributed by atoms with Gasteiger partial charge in [-0.3, -0.25) is 4.79 Å². The number of fused-ring (bicyclic) bond motifs is 1. The average molecular weight is 245 g/mol. The van der Waals surface area contributed by atoms with E-state index in [1.807, 2.05) is 13.1 Å². The average Bonchev–Trinajstić information content (AvgIpc) is 2.56. The van der Waals surface area contributed by atoms with Crippen LogP contribution in [-0.2, 0) is 17.8 Å². The van der Waals surface area contributed by atoms with Crippen LogP contribution in [0.2, 0.25) is 0 Å². The van der Waals surface area contributed by atoms with Gasteiger partial charge in [-0.15, -0.1) is 0 Å². The van der Waals surface area contributed by atoms with Gasteiger partial charge >= 0.3 is 5.97 Å². The Morgan fingerprint density at radius 1 is 1.33 bits per heavy atom. The molecule has 0 aliphatic rings. The van der Waals surface area contributed by atoms with Gasteiger partial charge in [0.1, 0.15) is 0 Å². The van der Waals surface area contributed by atoms with Crippen LogP contribution in [0.15, 0.2) is 18.3 Å². The number of carbonyl (C=O) groups is 1. The Balaban J connectivity index is 2.67. The van der Waals surface area contributed by atoms with Crippen molar-refractivity contribution < 1.29 is 9.90 Å². The van der Waals surface area contributed by atoms with E-state index in [-0.39, 0.29) is 6.42 Å². The molecule has 96 valence electrons. The van der Waals surface area contributed by atoms with E-state index < -0.39 is 5.97 Å². The smallest absolute Gasteiger partial charge is 0.307 e. The second-order valence-corrected chi connectivity index (χ2v) is 4.90. The standard InChI is InChI=1S/C15H19NO2/c1-4-5-16-9-12(8-14(17)18)13-7-10(2)6-11(3)15(13)16/h6-7,9H,4-5,8H2,1-3H3,(H,17,18). The first-order valence-electron chi connectivity index (χ1n) is 6.33. The number of hydrogen-bond acceptors (Lipinski definition) is 1. The fourth-order valence-electron chi connectivity index (χ4n) is 2.63. The first kappa shape index (κ1) is 12.7. The van der Waals surface area contributed by atoms with Gasteiger partial charge in [-0.2, -0.15) is 0 Å². The highest BCUT2D eigenvalue weighted by Crippen LogP contribution is 2.27. The molecule has 0 saturated carbocycles. The maximum absolute atomic E-state index is 10.9. The lowest BCUT2D eigenvalue weighted by Gasteiger charge is -2.06. The Labute approximate surface area is 107 Å². The zero-order valence-corrected chi connectivity index (χ0v) is 11.2. The zero-order valence-electron chi connectivity index (χ0n) is 11.2. The molecule has 2 aromatic rings. The summed E-state index contributed by atoms with van der Waals surface area (Å²) in [5.41, 5.74) is 4.49. The largest absolute Gasteiger partial charge is 0.481 e. The van der Waals surface area contributed by atoms with E-state index in [1.54, 1.807) is 0 Å². The van der Waals surface area contributed by atoms with Gasteiger partial charge in [0.2, 0.25) is 0 Å². The maximum Gasteiger partial charge on any atom is 0.307 e. The number of rotatable bonds is 4. The SMILES string of the molecule is CCCn1cc(CC(=O)O)c2cc(C)cc(C)c21. The first-order chi connectivity index (χ1) is 8.52. The third-order valence-corrected chi connectivity index (χ3v) is 3.20. The van der Waals surface area contributed by atoms with Crippen LogP contribution in [0.4, 0.5) is 0 Å². The van der Waals surface area contributed by atoms with Gasteiger partial charge in [-0.25, -0.2) is 0 Å². The van der Waals surface area contributed by atoms with Crippen LogP contribution in [0.5, 0.6) is 0 Å². The second-order valence-electron chi connectivity index (χ2n) is 4.90. The fourth-order valence-corrected chi connectivity index (χ4v) is 2.63. The minimum Gasteiger partial charge on any atom is -0.481 e. The minimum absolute atomic E-state index is 0.0934. The van der Waals surface area contributed by atoms with E-state index in [0.29, 0.717) is 0 Å². The lowest BCUT2D eigenvalue weighted by atomic mass is 10.0. The van der Waals surface area contributed by atoms with Crippen molar-refractivity contribution in [1.29, 1.82) is 0 Å². The summed E-state index contributed by atoms with van der Waals surface area (Å²) in [6.45, 7) is 7.20. The first-order valence-corrected chi connectivity index (χ1v) is 6.33. The highest BCUT2D eigenvalue weighted by Gasteiger charge is 2.13. The molecule has 1 aromatic heterocycles. The van der Waals surface area contributed by atoms with Crippen LogP contribution in [-0.4, -0.2) is 15.6 Å². The summed E-state index contributed by atoms with van der Waals surface area (Å²) >= 11 is 0. The van der Waals surface area contributed by atoms with Crippen LogP contribution >= 0.6 is 0 Å².